The van der Waals surface area contributed by atoms with Crippen LogP contribution in [0.4, 0.5) is 17.3 Å². The van der Waals surface area contributed by atoms with Gasteiger partial charge in [0, 0.05) is 13.1 Å². The van der Waals surface area contributed by atoms with Gasteiger partial charge in [-0.15, -0.1) is 0 Å². The summed E-state index contributed by atoms with van der Waals surface area (Å²) >= 11 is 0. The Morgan fingerprint density at radius 2 is 2.33 bits per heavy atom. The third kappa shape index (κ3) is 1.42. The molecular weight excluding hydrogens is 160 g/mol. The van der Waals surface area contributed by atoms with Gasteiger partial charge in [-0.25, -0.2) is 0 Å². The van der Waals surface area contributed by atoms with Gasteiger partial charge in [0.2, 0.25) is 5.82 Å². The SMILES string of the molecule is CNc1ccc(N)c([N+](=O)[O-])n1. The summed E-state index contributed by atoms with van der Waals surface area (Å²) in [6.45, 7) is 0. The maximum atomic E-state index is 10.3. The molecule has 6 nitrogen and oxygen atoms in total. The van der Waals surface area contributed by atoms with E-state index in [-0.39, 0.29) is 11.5 Å². The van der Waals surface area contributed by atoms with Gasteiger partial charge in [-0.3, -0.25) is 0 Å². The lowest BCUT2D eigenvalue weighted by Gasteiger charge is -1.97. The minimum atomic E-state index is -0.615. The molecule has 0 aromatic carbocycles. The Morgan fingerprint density at radius 3 is 2.83 bits per heavy atom. The van der Waals surface area contributed by atoms with Gasteiger partial charge in [0.15, 0.2) is 0 Å². The summed E-state index contributed by atoms with van der Waals surface area (Å²) in [5.41, 5.74) is 5.38. The second-order valence-corrected chi connectivity index (χ2v) is 2.12. The van der Waals surface area contributed by atoms with E-state index < -0.39 is 4.92 Å². The molecule has 0 fully saturated rings. The highest BCUT2D eigenvalue weighted by atomic mass is 16.6. The summed E-state index contributed by atoms with van der Waals surface area (Å²) < 4.78 is 0. The molecule has 1 aromatic rings. The smallest absolute Gasteiger partial charge is 0.388 e. The van der Waals surface area contributed by atoms with Gasteiger partial charge in [0.1, 0.15) is 5.69 Å². The van der Waals surface area contributed by atoms with Gasteiger partial charge < -0.3 is 21.2 Å². The molecule has 0 atom stereocenters. The predicted octanol–water partition coefficient (Wildman–Crippen LogP) is 0.614. The van der Waals surface area contributed by atoms with Gasteiger partial charge in [0.25, 0.3) is 0 Å². The molecule has 0 saturated carbocycles. The zero-order chi connectivity index (χ0) is 9.14. The summed E-state index contributed by atoms with van der Waals surface area (Å²) in [5.74, 6) is 0.109. The van der Waals surface area contributed by atoms with E-state index in [9.17, 15) is 10.1 Å². The molecule has 1 heterocycles. The van der Waals surface area contributed by atoms with Crippen molar-refractivity contribution in [3.63, 3.8) is 0 Å². The highest BCUT2D eigenvalue weighted by Crippen LogP contribution is 2.19. The average Bonchev–Trinajstić information content (AvgIpc) is 2.05. The number of hydrogen-bond acceptors (Lipinski definition) is 5. The Balaban J connectivity index is 3.17. The lowest BCUT2D eigenvalue weighted by atomic mass is 10.4. The molecule has 0 spiro atoms. The van der Waals surface area contributed by atoms with Crippen molar-refractivity contribution in [1.29, 1.82) is 0 Å². The Hall–Kier alpha value is -1.85. The average molecular weight is 168 g/mol. The van der Waals surface area contributed by atoms with Crippen molar-refractivity contribution < 1.29 is 4.92 Å². The van der Waals surface area contributed by atoms with Crippen molar-refractivity contribution in [2.75, 3.05) is 18.1 Å². The number of nitrogens with zero attached hydrogens (tertiary/aromatic N) is 2. The number of nitrogens with two attached hydrogens (primary N) is 1. The van der Waals surface area contributed by atoms with E-state index in [2.05, 4.69) is 10.3 Å². The molecule has 0 amide bonds. The van der Waals surface area contributed by atoms with Crippen molar-refractivity contribution in [2.24, 2.45) is 0 Å². The quantitative estimate of drug-likeness (QED) is 0.498. The third-order valence-electron chi connectivity index (χ3n) is 1.33. The van der Waals surface area contributed by atoms with Gasteiger partial charge >= 0.3 is 5.82 Å². The second kappa shape index (κ2) is 3.04. The van der Waals surface area contributed by atoms with Gasteiger partial charge in [-0.05, 0) is 16.0 Å². The highest BCUT2D eigenvalue weighted by molar-refractivity contribution is 5.57. The van der Waals surface area contributed by atoms with Crippen LogP contribution in [-0.2, 0) is 0 Å². The van der Waals surface area contributed by atoms with Crippen LogP contribution in [-0.4, -0.2) is 17.0 Å². The number of hydrogen-bond donors (Lipinski definition) is 2. The molecular formula is C6H8N4O2. The molecule has 0 aliphatic rings. The van der Waals surface area contributed by atoms with E-state index in [1.165, 1.54) is 6.07 Å². The fourth-order valence-corrected chi connectivity index (χ4v) is 0.745. The number of anilines is 2. The van der Waals surface area contributed by atoms with Crippen LogP contribution in [0.5, 0.6) is 0 Å². The summed E-state index contributed by atoms with van der Waals surface area (Å²) in [5, 5.41) is 13.0. The summed E-state index contributed by atoms with van der Waals surface area (Å²) in [7, 11) is 1.63. The predicted molar refractivity (Wildman–Crippen MR) is 44.9 cm³/mol. The van der Waals surface area contributed by atoms with E-state index in [1.807, 2.05) is 0 Å². The largest absolute Gasteiger partial charge is 0.392 e. The minimum absolute atomic E-state index is 0.0685. The molecule has 64 valence electrons. The van der Waals surface area contributed by atoms with Crippen molar-refractivity contribution in [3.8, 4) is 0 Å². The first-order valence-corrected chi connectivity index (χ1v) is 3.24. The Kier molecular flexibility index (Phi) is 2.09. The van der Waals surface area contributed by atoms with Crippen LogP contribution in [0.15, 0.2) is 12.1 Å². The molecule has 0 aliphatic heterocycles. The standard InChI is InChI=1S/C6H8N4O2/c1-8-5-3-2-4(7)6(9-5)10(11)12/h2-3H,7H2,1H3,(H,8,9). The lowest BCUT2D eigenvalue weighted by molar-refractivity contribution is -0.388. The maximum Gasteiger partial charge on any atom is 0.388 e. The van der Waals surface area contributed by atoms with E-state index in [4.69, 9.17) is 5.73 Å². The Bertz CT molecular complexity index is 312. The highest BCUT2D eigenvalue weighted by Gasteiger charge is 2.13. The van der Waals surface area contributed by atoms with Crippen LogP contribution in [0, 0.1) is 10.1 Å². The third-order valence-corrected chi connectivity index (χ3v) is 1.33. The topological polar surface area (TPSA) is 94.1 Å². The number of aromatic nitrogens is 1. The zero-order valence-corrected chi connectivity index (χ0v) is 6.44. The molecule has 12 heavy (non-hydrogen) atoms. The second-order valence-electron chi connectivity index (χ2n) is 2.12. The van der Waals surface area contributed by atoms with Crippen LogP contribution >= 0.6 is 0 Å². The monoisotopic (exact) mass is 168 g/mol. The number of nitrogen functional groups attached to an aromatic ring is 1. The fourth-order valence-electron chi connectivity index (χ4n) is 0.745. The van der Waals surface area contributed by atoms with E-state index in [0.717, 1.165) is 0 Å². The van der Waals surface area contributed by atoms with Gasteiger partial charge in [-0.2, -0.15) is 0 Å². The molecule has 0 saturated heterocycles. The first-order chi connectivity index (χ1) is 5.65. The number of nitro groups is 1. The lowest BCUT2D eigenvalue weighted by Crippen LogP contribution is -2.01. The van der Waals surface area contributed by atoms with Crippen LogP contribution in [0.2, 0.25) is 0 Å². The molecule has 0 aliphatic carbocycles. The first-order valence-electron chi connectivity index (χ1n) is 3.24. The summed E-state index contributed by atoms with van der Waals surface area (Å²) in [4.78, 5) is 13.4. The summed E-state index contributed by atoms with van der Waals surface area (Å²) in [6.07, 6.45) is 0. The number of rotatable bonds is 2. The minimum Gasteiger partial charge on any atom is -0.392 e. The Morgan fingerprint density at radius 1 is 1.67 bits per heavy atom. The molecule has 0 unspecified atom stereocenters. The fraction of sp³-hybridized carbons (Fsp3) is 0.167. The molecule has 1 aromatic heterocycles. The molecule has 0 radical (unpaired) electrons. The first kappa shape index (κ1) is 8.25. The Labute approximate surface area is 68.6 Å². The van der Waals surface area contributed by atoms with E-state index in [1.54, 1.807) is 13.1 Å². The van der Waals surface area contributed by atoms with Crippen LogP contribution in [0.25, 0.3) is 0 Å². The normalized spacial score (nSPS) is 9.42. The molecule has 0 bridgehead atoms. The van der Waals surface area contributed by atoms with Crippen molar-refractivity contribution >= 4 is 17.3 Å². The van der Waals surface area contributed by atoms with Crippen LogP contribution in [0.3, 0.4) is 0 Å². The molecule has 6 heteroatoms. The molecule has 1 rings (SSSR count). The molecule has 3 N–H and O–H groups in total. The van der Waals surface area contributed by atoms with E-state index in [0.29, 0.717) is 5.82 Å². The number of nitrogens with one attached hydrogen (secondary N) is 1. The van der Waals surface area contributed by atoms with Gasteiger partial charge in [-0.1, -0.05) is 0 Å². The maximum absolute atomic E-state index is 10.3. The zero-order valence-electron chi connectivity index (χ0n) is 6.44. The van der Waals surface area contributed by atoms with Crippen LogP contribution < -0.4 is 11.1 Å². The van der Waals surface area contributed by atoms with Crippen molar-refractivity contribution in [3.05, 3.63) is 22.2 Å². The summed E-state index contributed by atoms with van der Waals surface area (Å²) in [6, 6.07) is 3.01. The van der Waals surface area contributed by atoms with Crippen LogP contribution in [0.1, 0.15) is 0 Å². The van der Waals surface area contributed by atoms with E-state index >= 15 is 0 Å². The van der Waals surface area contributed by atoms with Crippen molar-refractivity contribution in [1.82, 2.24) is 4.98 Å². The van der Waals surface area contributed by atoms with Gasteiger partial charge in [0.05, 0.1) is 0 Å². The number of pyridine rings is 1. The van der Waals surface area contributed by atoms with Crippen molar-refractivity contribution in [2.45, 2.75) is 0 Å².